The van der Waals surface area contributed by atoms with Crippen molar-refractivity contribution in [1.29, 1.82) is 0 Å². The van der Waals surface area contributed by atoms with E-state index in [4.69, 9.17) is 16.7 Å². The Morgan fingerprint density at radius 2 is 2.10 bits per heavy atom. The standard InChI is InChI=1S/C11H10ClN3O4S/c1-15-5-4-10(13-15)14-20(18,19)7-2-3-8(11(16)17)9(12)6-7/h2-6H,1H3,(H,13,14)(H,16,17). The van der Waals surface area contributed by atoms with E-state index in [1.165, 1.54) is 16.8 Å². The largest absolute Gasteiger partial charge is 0.478 e. The first-order chi connectivity index (χ1) is 9.29. The van der Waals surface area contributed by atoms with E-state index >= 15 is 0 Å². The molecule has 2 N–H and O–H groups in total. The number of anilines is 1. The molecule has 1 aromatic heterocycles. The van der Waals surface area contributed by atoms with Gasteiger partial charge in [-0.15, -0.1) is 0 Å². The Morgan fingerprint density at radius 1 is 1.40 bits per heavy atom. The average molecular weight is 316 g/mol. The Bertz CT molecular complexity index is 770. The van der Waals surface area contributed by atoms with Gasteiger partial charge >= 0.3 is 5.97 Å². The number of nitrogens with zero attached hydrogens (tertiary/aromatic N) is 2. The number of carbonyl (C=O) groups is 1. The lowest BCUT2D eigenvalue weighted by molar-refractivity contribution is 0.0697. The SMILES string of the molecule is Cn1ccc(NS(=O)(=O)c2ccc(C(=O)O)c(Cl)c2)n1. The van der Waals surface area contributed by atoms with Crippen LogP contribution < -0.4 is 4.72 Å². The van der Waals surface area contributed by atoms with E-state index in [-0.39, 0.29) is 21.3 Å². The van der Waals surface area contributed by atoms with Gasteiger partial charge in [0.25, 0.3) is 10.0 Å². The fourth-order valence-corrected chi connectivity index (χ4v) is 2.85. The zero-order valence-electron chi connectivity index (χ0n) is 10.2. The molecule has 0 bridgehead atoms. The second kappa shape index (κ2) is 5.14. The molecule has 0 radical (unpaired) electrons. The molecule has 1 aromatic carbocycles. The van der Waals surface area contributed by atoms with Crippen LogP contribution >= 0.6 is 11.6 Å². The number of benzene rings is 1. The number of hydrogen-bond donors (Lipinski definition) is 2. The van der Waals surface area contributed by atoms with Gasteiger partial charge in [0.2, 0.25) is 0 Å². The predicted octanol–water partition coefficient (Wildman–Crippen LogP) is 1.57. The number of nitrogens with one attached hydrogen (secondary N) is 1. The van der Waals surface area contributed by atoms with Crippen molar-refractivity contribution in [2.75, 3.05) is 4.72 Å². The van der Waals surface area contributed by atoms with E-state index in [1.54, 1.807) is 13.2 Å². The number of rotatable bonds is 4. The number of hydrogen-bond acceptors (Lipinski definition) is 4. The molecule has 0 fully saturated rings. The summed E-state index contributed by atoms with van der Waals surface area (Å²) in [5.74, 6) is -1.07. The highest BCUT2D eigenvalue weighted by Crippen LogP contribution is 2.22. The van der Waals surface area contributed by atoms with Gasteiger partial charge in [-0.25, -0.2) is 13.2 Å². The Morgan fingerprint density at radius 3 is 2.60 bits per heavy atom. The van der Waals surface area contributed by atoms with Gasteiger partial charge < -0.3 is 5.11 Å². The van der Waals surface area contributed by atoms with Gasteiger partial charge in [0.1, 0.15) is 0 Å². The summed E-state index contributed by atoms with van der Waals surface area (Å²) < 4.78 is 27.9. The number of carboxylic acid groups (broad SMARTS) is 1. The highest BCUT2D eigenvalue weighted by molar-refractivity contribution is 7.92. The Balaban J connectivity index is 2.35. The summed E-state index contributed by atoms with van der Waals surface area (Å²) in [6.45, 7) is 0. The molecule has 1 heterocycles. The lowest BCUT2D eigenvalue weighted by Gasteiger charge is -2.07. The third-order valence-electron chi connectivity index (χ3n) is 2.43. The van der Waals surface area contributed by atoms with E-state index in [0.717, 1.165) is 12.1 Å². The molecule has 7 nitrogen and oxygen atoms in total. The zero-order valence-corrected chi connectivity index (χ0v) is 11.8. The third-order valence-corrected chi connectivity index (χ3v) is 4.10. The summed E-state index contributed by atoms with van der Waals surface area (Å²) >= 11 is 5.74. The van der Waals surface area contributed by atoms with Gasteiger partial charge in [0, 0.05) is 19.3 Å². The van der Waals surface area contributed by atoms with Crippen molar-refractivity contribution < 1.29 is 18.3 Å². The average Bonchev–Trinajstić information content (AvgIpc) is 2.73. The van der Waals surface area contributed by atoms with Crippen LogP contribution in [0.2, 0.25) is 5.02 Å². The molecular formula is C11H10ClN3O4S. The summed E-state index contributed by atoms with van der Waals surface area (Å²) in [5, 5.41) is 12.6. The molecule has 20 heavy (non-hydrogen) atoms. The normalized spacial score (nSPS) is 11.3. The summed E-state index contributed by atoms with van der Waals surface area (Å²) in [6, 6.07) is 4.87. The van der Waals surface area contributed by atoms with Crippen LogP contribution in [0.25, 0.3) is 0 Å². The smallest absolute Gasteiger partial charge is 0.337 e. The molecule has 0 saturated heterocycles. The molecule has 106 valence electrons. The number of aryl methyl sites for hydroxylation is 1. The lowest BCUT2D eigenvalue weighted by atomic mass is 10.2. The zero-order chi connectivity index (χ0) is 14.9. The van der Waals surface area contributed by atoms with Crippen LogP contribution in [0.3, 0.4) is 0 Å². The van der Waals surface area contributed by atoms with Crippen LogP contribution in [0, 0.1) is 0 Å². The first kappa shape index (κ1) is 14.4. The highest BCUT2D eigenvalue weighted by atomic mass is 35.5. The maximum Gasteiger partial charge on any atom is 0.337 e. The Labute approximate surface area is 119 Å². The van der Waals surface area contributed by atoms with Gasteiger partial charge in [0.15, 0.2) is 5.82 Å². The van der Waals surface area contributed by atoms with E-state index in [2.05, 4.69) is 9.82 Å². The van der Waals surface area contributed by atoms with Crippen LogP contribution in [0.15, 0.2) is 35.4 Å². The molecule has 0 aliphatic rings. The number of aromatic carboxylic acids is 1. The van der Waals surface area contributed by atoms with Gasteiger partial charge in [-0.2, -0.15) is 5.10 Å². The van der Waals surface area contributed by atoms with Gasteiger partial charge in [-0.3, -0.25) is 9.40 Å². The first-order valence-corrected chi connectivity index (χ1v) is 7.21. The van der Waals surface area contributed by atoms with Crippen molar-refractivity contribution in [1.82, 2.24) is 9.78 Å². The fraction of sp³-hybridized carbons (Fsp3) is 0.0909. The predicted molar refractivity (Wildman–Crippen MR) is 72.4 cm³/mol. The third kappa shape index (κ3) is 2.91. The lowest BCUT2D eigenvalue weighted by Crippen LogP contribution is -2.14. The summed E-state index contributed by atoms with van der Waals surface area (Å²) in [4.78, 5) is 10.7. The van der Waals surface area contributed by atoms with Crippen LogP contribution in [-0.4, -0.2) is 29.3 Å². The van der Waals surface area contributed by atoms with Crippen molar-refractivity contribution in [2.24, 2.45) is 7.05 Å². The van der Waals surface area contributed by atoms with Gasteiger partial charge in [-0.05, 0) is 18.2 Å². The second-order valence-electron chi connectivity index (χ2n) is 3.93. The van der Waals surface area contributed by atoms with Crippen LogP contribution in [0.5, 0.6) is 0 Å². The number of halogens is 1. The Hall–Kier alpha value is -2.06. The molecule has 9 heteroatoms. The van der Waals surface area contributed by atoms with Crippen LogP contribution in [-0.2, 0) is 17.1 Å². The highest BCUT2D eigenvalue weighted by Gasteiger charge is 2.18. The minimum Gasteiger partial charge on any atom is -0.478 e. The van der Waals surface area contributed by atoms with Gasteiger partial charge in [-0.1, -0.05) is 11.6 Å². The molecule has 0 aliphatic carbocycles. The van der Waals surface area contributed by atoms with Crippen molar-refractivity contribution in [3.63, 3.8) is 0 Å². The topological polar surface area (TPSA) is 101 Å². The van der Waals surface area contributed by atoms with E-state index < -0.39 is 16.0 Å². The number of aromatic nitrogens is 2. The minimum atomic E-state index is -3.87. The molecular weight excluding hydrogens is 306 g/mol. The summed E-state index contributed by atoms with van der Waals surface area (Å²) in [7, 11) is -2.22. The molecule has 0 amide bonds. The monoisotopic (exact) mass is 315 g/mol. The van der Waals surface area contributed by atoms with Crippen molar-refractivity contribution >= 4 is 33.4 Å². The minimum absolute atomic E-state index is 0.141. The molecule has 0 atom stereocenters. The maximum absolute atomic E-state index is 12.1. The van der Waals surface area contributed by atoms with E-state index in [1.807, 2.05) is 0 Å². The molecule has 2 aromatic rings. The van der Waals surface area contributed by atoms with Crippen molar-refractivity contribution in [3.05, 3.63) is 41.0 Å². The van der Waals surface area contributed by atoms with E-state index in [9.17, 15) is 13.2 Å². The Kier molecular flexibility index (Phi) is 3.69. The molecule has 2 rings (SSSR count). The fourth-order valence-electron chi connectivity index (χ4n) is 1.50. The second-order valence-corrected chi connectivity index (χ2v) is 6.02. The van der Waals surface area contributed by atoms with Gasteiger partial charge in [0.05, 0.1) is 15.5 Å². The number of sulfonamides is 1. The van der Waals surface area contributed by atoms with Crippen LogP contribution in [0.1, 0.15) is 10.4 Å². The summed E-state index contributed by atoms with van der Waals surface area (Å²) in [6.07, 6.45) is 1.58. The number of carboxylic acids is 1. The molecule has 0 spiro atoms. The van der Waals surface area contributed by atoms with Crippen LogP contribution in [0.4, 0.5) is 5.82 Å². The van der Waals surface area contributed by atoms with Crippen molar-refractivity contribution in [2.45, 2.75) is 4.90 Å². The van der Waals surface area contributed by atoms with Crippen molar-refractivity contribution in [3.8, 4) is 0 Å². The quantitative estimate of drug-likeness (QED) is 0.891. The molecule has 0 saturated carbocycles. The van der Waals surface area contributed by atoms with E-state index in [0.29, 0.717) is 0 Å². The molecule has 0 unspecified atom stereocenters. The first-order valence-electron chi connectivity index (χ1n) is 5.35. The molecule has 0 aliphatic heterocycles. The maximum atomic E-state index is 12.1. The summed E-state index contributed by atoms with van der Waals surface area (Å²) in [5.41, 5.74) is -0.163.